The summed E-state index contributed by atoms with van der Waals surface area (Å²) in [5.41, 5.74) is 3.82. The summed E-state index contributed by atoms with van der Waals surface area (Å²) in [6, 6.07) is 10.8. The fourth-order valence-electron chi connectivity index (χ4n) is 1.81. The van der Waals surface area contributed by atoms with Crippen LogP contribution in [0.15, 0.2) is 47.2 Å². The van der Waals surface area contributed by atoms with Crippen LogP contribution in [0, 0.1) is 6.92 Å². The molecule has 0 aliphatic heterocycles. The molecule has 0 fully saturated rings. The number of hydrogen-bond acceptors (Lipinski definition) is 2. The minimum absolute atomic E-state index is 0.331. The summed E-state index contributed by atoms with van der Waals surface area (Å²) < 4.78 is 1.11. The Balaban J connectivity index is 1.98. The highest BCUT2D eigenvalue weighted by Crippen LogP contribution is 2.17. The summed E-state index contributed by atoms with van der Waals surface area (Å²) in [6.45, 7) is 5.13. The number of aryl methyl sites for hydroxylation is 1. The predicted molar refractivity (Wildman–Crippen MR) is 78.4 cm³/mol. The van der Waals surface area contributed by atoms with Crippen molar-refractivity contribution in [2.24, 2.45) is 0 Å². The number of benzene rings is 1. The van der Waals surface area contributed by atoms with Crippen LogP contribution in [0.2, 0.25) is 0 Å². The van der Waals surface area contributed by atoms with Crippen molar-refractivity contribution in [2.45, 2.75) is 26.4 Å². The minimum Gasteiger partial charge on any atom is -0.306 e. The molecular formula is C15H17BrN2. The summed E-state index contributed by atoms with van der Waals surface area (Å²) >= 11 is 3.45. The highest BCUT2D eigenvalue weighted by molar-refractivity contribution is 9.10. The van der Waals surface area contributed by atoms with Crippen LogP contribution in [0.25, 0.3) is 0 Å². The maximum absolute atomic E-state index is 4.16. The molecule has 0 aliphatic rings. The fraction of sp³-hybridized carbons (Fsp3) is 0.267. The van der Waals surface area contributed by atoms with Gasteiger partial charge in [-0.25, -0.2) is 0 Å². The zero-order valence-corrected chi connectivity index (χ0v) is 12.2. The molecule has 18 heavy (non-hydrogen) atoms. The Morgan fingerprint density at radius 1 is 1.22 bits per heavy atom. The van der Waals surface area contributed by atoms with Crippen molar-refractivity contribution in [3.63, 3.8) is 0 Å². The molecule has 0 aliphatic carbocycles. The molecule has 0 spiro atoms. The minimum atomic E-state index is 0.331. The highest BCUT2D eigenvalue weighted by atomic mass is 79.9. The van der Waals surface area contributed by atoms with Crippen LogP contribution in [-0.2, 0) is 6.54 Å². The summed E-state index contributed by atoms with van der Waals surface area (Å²) in [7, 11) is 0. The van der Waals surface area contributed by atoms with Gasteiger partial charge in [0.2, 0.25) is 0 Å². The third-order valence-corrected chi connectivity index (χ3v) is 3.64. The first-order chi connectivity index (χ1) is 8.66. The molecule has 1 heterocycles. The second-order valence-corrected chi connectivity index (χ2v) is 5.37. The molecule has 1 unspecified atom stereocenters. The summed E-state index contributed by atoms with van der Waals surface area (Å²) in [4.78, 5) is 4.16. The van der Waals surface area contributed by atoms with Gasteiger partial charge >= 0.3 is 0 Å². The Kier molecular flexibility index (Phi) is 4.50. The molecule has 1 aromatic carbocycles. The number of nitrogens with one attached hydrogen (secondary N) is 1. The first kappa shape index (κ1) is 13.2. The number of halogens is 1. The lowest BCUT2D eigenvalue weighted by Crippen LogP contribution is -2.18. The summed E-state index contributed by atoms with van der Waals surface area (Å²) in [5, 5.41) is 3.52. The first-order valence-electron chi connectivity index (χ1n) is 6.05. The van der Waals surface area contributed by atoms with Gasteiger partial charge in [0.25, 0.3) is 0 Å². The third-order valence-electron chi connectivity index (χ3n) is 3.12. The van der Waals surface area contributed by atoms with Gasteiger partial charge in [-0.2, -0.15) is 0 Å². The quantitative estimate of drug-likeness (QED) is 0.923. The Morgan fingerprint density at radius 3 is 2.61 bits per heavy atom. The van der Waals surface area contributed by atoms with Crippen molar-refractivity contribution >= 4 is 15.9 Å². The molecule has 1 atom stereocenters. The second kappa shape index (κ2) is 6.12. The molecule has 0 saturated carbocycles. The average Bonchev–Trinajstić information content (AvgIpc) is 2.38. The molecule has 0 bridgehead atoms. The van der Waals surface area contributed by atoms with E-state index < -0.39 is 0 Å². The van der Waals surface area contributed by atoms with Crippen LogP contribution in [0.3, 0.4) is 0 Å². The molecule has 1 aromatic heterocycles. The molecule has 2 aromatic rings. The molecule has 94 valence electrons. The lowest BCUT2D eigenvalue weighted by Gasteiger charge is -2.15. The van der Waals surface area contributed by atoms with Crippen LogP contribution in [-0.4, -0.2) is 4.98 Å². The van der Waals surface area contributed by atoms with Crippen LogP contribution >= 0.6 is 15.9 Å². The van der Waals surface area contributed by atoms with Gasteiger partial charge in [0, 0.05) is 29.5 Å². The lowest BCUT2D eigenvalue weighted by atomic mass is 10.1. The Labute approximate surface area is 117 Å². The van der Waals surface area contributed by atoms with Crippen LogP contribution in [0.4, 0.5) is 0 Å². The van der Waals surface area contributed by atoms with E-state index >= 15 is 0 Å². The van der Waals surface area contributed by atoms with E-state index in [-0.39, 0.29) is 0 Å². The maximum Gasteiger partial charge on any atom is 0.0315 e. The van der Waals surface area contributed by atoms with Gasteiger partial charge < -0.3 is 5.32 Å². The van der Waals surface area contributed by atoms with Gasteiger partial charge in [-0.15, -0.1) is 0 Å². The van der Waals surface area contributed by atoms with E-state index in [1.165, 1.54) is 16.7 Å². The van der Waals surface area contributed by atoms with E-state index in [0.717, 1.165) is 11.0 Å². The van der Waals surface area contributed by atoms with E-state index in [1.54, 1.807) is 0 Å². The smallest absolute Gasteiger partial charge is 0.0315 e. The number of hydrogen-bond donors (Lipinski definition) is 1. The number of pyridine rings is 1. The Hall–Kier alpha value is -1.19. The zero-order valence-electron chi connectivity index (χ0n) is 10.7. The van der Waals surface area contributed by atoms with Crippen LogP contribution in [0.5, 0.6) is 0 Å². The van der Waals surface area contributed by atoms with Gasteiger partial charge in [0.05, 0.1) is 0 Å². The topological polar surface area (TPSA) is 24.9 Å². The molecule has 0 saturated heterocycles. The van der Waals surface area contributed by atoms with Crippen molar-refractivity contribution in [3.05, 3.63) is 63.9 Å². The fourth-order valence-corrected chi connectivity index (χ4v) is 2.08. The molecule has 1 N–H and O–H groups in total. The maximum atomic E-state index is 4.16. The standard InChI is InChI=1S/C15H17BrN2/c1-11-7-8-17-9-14(11)10-18-12(2)13-3-5-15(16)6-4-13/h3-9,12,18H,10H2,1-2H3. The van der Waals surface area contributed by atoms with Crippen molar-refractivity contribution in [3.8, 4) is 0 Å². The largest absolute Gasteiger partial charge is 0.306 e. The van der Waals surface area contributed by atoms with Gasteiger partial charge in [0.15, 0.2) is 0 Å². The van der Waals surface area contributed by atoms with Gasteiger partial charge in [0.1, 0.15) is 0 Å². The van der Waals surface area contributed by atoms with Crippen molar-refractivity contribution in [2.75, 3.05) is 0 Å². The number of aromatic nitrogens is 1. The van der Waals surface area contributed by atoms with E-state index in [4.69, 9.17) is 0 Å². The lowest BCUT2D eigenvalue weighted by molar-refractivity contribution is 0.572. The Bertz CT molecular complexity index is 508. The average molecular weight is 305 g/mol. The molecule has 2 rings (SSSR count). The first-order valence-corrected chi connectivity index (χ1v) is 6.84. The highest BCUT2D eigenvalue weighted by Gasteiger charge is 2.05. The SMILES string of the molecule is Cc1ccncc1CNC(C)c1ccc(Br)cc1. The van der Waals surface area contributed by atoms with E-state index in [9.17, 15) is 0 Å². The monoisotopic (exact) mass is 304 g/mol. The molecule has 2 nitrogen and oxygen atoms in total. The molecule has 0 radical (unpaired) electrons. The van der Waals surface area contributed by atoms with Gasteiger partial charge in [-0.3, -0.25) is 4.98 Å². The van der Waals surface area contributed by atoms with E-state index in [0.29, 0.717) is 6.04 Å². The van der Waals surface area contributed by atoms with E-state index in [1.807, 2.05) is 18.5 Å². The normalized spacial score (nSPS) is 12.4. The molecular weight excluding hydrogens is 288 g/mol. The number of nitrogens with zero attached hydrogens (tertiary/aromatic N) is 1. The van der Waals surface area contributed by atoms with E-state index in [2.05, 4.69) is 64.3 Å². The summed E-state index contributed by atoms with van der Waals surface area (Å²) in [5.74, 6) is 0. The van der Waals surface area contributed by atoms with Crippen molar-refractivity contribution < 1.29 is 0 Å². The second-order valence-electron chi connectivity index (χ2n) is 4.46. The van der Waals surface area contributed by atoms with Crippen LogP contribution in [0.1, 0.15) is 29.7 Å². The molecule has 0 amide bonds. The van der Waals surface area contributed by atoms with Crippen molar-refractivity contribution in [1.82, 2.24) is 10.3 Å². The predicted octanol–water partition coefficient (Wildman–Crippen LogP) is 4.00. The Morgan fingerprint density at radius 2 is 1.94 bits per heavy atom. The summed E-state index contributed by atoms with van der Waals surface area (Å²) in [6.07, 6.45) is 3.76. The number of rotatable bonds is 4. The van der Waals surface area contributed by atoms with Gasteiger partial charge in [-0.1, -0.05) is 28.1 Å². The van der Waals surface area contributed by atoms with Crippen LogP contribution < -0.4 is 5.32 Å². The third kappa shape index (κ3) is 3.40. The zero-order chi connectivity index (χ0) is 13.0. The van der Waals surface area contributed by atoms with Gasteiger partial charge in [-0.05, 0) is 48.7 Å². The molecule has 3 heteroatoms. The van der Waals surface area contributed by atoms with Crippen molar-refractivity contribution in [1.29, 1.82) is 0 Å².